The summed E-state index contributed by atoms with van der Waals surface area (Å²) < 4.78 is 17.0. The van der Waals surface area contributed by atoms with Gasteiger partial charge < -0.3 is 19.1 Å². The fourth-order valence-corrected chi connectivity index (χ4v) is 3.82. The van der Waals surface area contributed by atoms with Gasteiger partial charge in [-0.05, 0) is 30.5 Å². The molecule has 0 N–H and O–H groups in total. The van der Waals surface area contributed by atoms with Crippen molar-refractivity contribution in [1.29, 1.82) is 0 Å². The minimum Gasteiger partial charge on any atom is -0.485 e. The summed E-state index contributed by atoms with van der Waals surface area (Å²) in [7, 11) is 1.72. The van der Waals surface area contributed by atoms with Gasteiger partial charge in [0.25, 0.3) is 0 Å². The van der Waals surface area contributed by atoms with Crippen LogP contribution in [-0.2, 0) is 16.0 Å². The van der Waals surface area contributed by atoms with Crippen LogP contribution in [0.15, 0.2) is 35.6 Å². The Morgan fingerprint density at radius 3 is 2.79 bits per heavy atom. The summed E-state index contributed by atoms with van der Waals surface area (Å²) >= 11 is 0. The Morgan fingerprint density at radius 1 is 1.14 bits per heavy atom. The highest BCUT2D eigenvalue weighted by atomic mass is 16.5. The molecule has 5 rings (SSSR count). The van der Waals surface area contributed by atoms with Crippen LogP contribution < -0.4 is 9.64 Å². The molecule has 0 unspecified atom stereocenters. The first kappa shape index (κ1) is 17.6. The third kappa shape index (κ3) is 3.36. The van der Waals surface area contributed by atoms with Crippen molar-refractivity contribution in [3.8, 4) is 5.75 Å². The van der Waals surface area contributed by atoms with Crippen molar-refractivity contribution in [3.63, 3.8) is 0 Å². The molecule has 28 heavy (non-hydrogen) atoms. The van der Waals surface area contributed by atoms with Crippen molar-refractivity contribution in [2.45, 2.75) is 25.0 Å². The Hall–Kier alpha value is -2.51. The summed E-state index contributed by atoms with van der Waals surface area (Å²) in [6, 6.07) is 8.26. The van der Waals surface area contributed by atoms with Crippen molar-refractivity contribution >= 4 is 11.5 Å². The van der Waals surface area contributed by atoms with Crippen LogP contribution in [0, 0.1) is 0 Å². The predicted molar refractivity (Wildman–Crippen MR) is 105 cm³/mol. The fraction of sp³-hybridized carbons (Fsp3) is 0.476. The Balaban J connectivity index is 1.41. The normalized spacial score (nSPS) is 19.9. The minimum absolute atomic E-state index is 0.155. The lowest BCUT2D eigenvalue weighted by Crippen LogP contribution is -2.36. The van der Waals surface area contributed by atoms with E-state index in [4.69, 9.17) is 19.2 Å². The number of hydrogen-bond donors (Lipinski definition) is 0. The van der Waals surface area contributed by atoms with Gasteiger partial charge in [-0.15, -0.1) is 0 Å². The van der Waals surface area contributed by atoms with Crippen LogP contribution in [0.5, 0.6) is 5.75 Å². The fourth-order valence-electron chi connectivity index (χ4n) is 3.82. The van der Waals surface area contributed by atoms with Crippen molar-refractivity contribution in [2.75, 3.05) is 44.9 Å². The van der Waals surface area contributed by atoms with Crippen LogP contribution >= 0.6 is 0 Å². The van der Waals surface area contributed by atoms with Crippen LogP contribution in [-0.4, -0.2) is 61.3 Å². The number of ether oxygens (including phenoxy) is 3. The van der Waals surface area contributed by atoms with Crippen molar-refractivity contribution in [1.82, 2.24) is 9.97 Å². The van der Waals surface area contributed by atoms with E-state index in [-0.39, 0.29) is 5.60 Å². The number of morpholine rings is 1. The second-order valence-electron chi connectivity index (χ2n) is 7.56. The van der Waals surface area contributed by atoms with Gasteiger partial charge in [-0.1, -0.05) is 6.07 Å². The molecule has 0 radical (unpaired) electrons. The van der Waals surface area contributed by atoms with Gasteiger partial charge >= 0.3 is 0 Å². The molecule has 1 aliphatic carbocycles. The molecule has 2 fully saturated rings. The van der Waals surface area contributed by atoms with Gasteiger partial charge in [0.15, 0.2) is 0 Å². The maximum Gasteiger partial charge on any atom is 0.132 e. The van der Waals surface area contributed by atoms with Gasteiger partial charge in [0.05, 0.1) is 37.8 Å². The summed E-state index contributed by atoms with van der Waals surface area (Å²) in [5.74, 6) is 1.79. The molecule has 1 saturated heterocycles. The number of hydrogen-bond acceptors (Lipinski definition) is 7. The van der Waals surface area contributed by atoms with E-state index in [1.807, 2.05) is 12.1 Å². The second-order valence-corrected chi connectivity index (χ2v) is 7.56. The van der Waals surface area contributed by atoms with Crippen molar-refractivity contribution < 1.29 is 14.2 Å². The first-order chi connectivity index (χ1) is 13.8. The molecule has 0 atom stereocenters. The largest absolute Gasteiger partial charge is 0.485 e. The molecule has 2 aromatic rings. The van der Waals surface area contributed by atoms with Gasteiger partial charge in [-0.25, -0.2) is 9.97 Å². The number of fused-ring (bicyclic) bond motifs is 1. The highest BCUT2D eigenvalue weighted by Gasteiger charge is 2.45. The molecular formula is C21H24N4O3. The summed E-state index contributed by atoms with van der Waals surface area (Å²) in [6.45, 7) is 4.45. The lowest BCUT2D eigenvalue weighted by atomic mass is 10.0. The minimum atomic E-state index is -0.155. The molecule has 146 valence electrons. The Morgan fingerprint density at radius 2 is 2.00 bits per heavy atom. The Bertz CT molecular complexity index is 904. The number of aliphatic imine (C=N–C) groups is 1. The summed E-state index contributed by atoms with van der Waals surface area (Å²) in [5, 5.41) is 0. The molecule has 3 heterocycles. The molecule has 3 aliphatic rings. The van der Waals surface area contributed by atoms with E-state index in [2.05, 4.69) is 27.0 Å². The van der Waals surface area contributed by atoms with E-state index in [1.165, 1.54) is 5.56 Å². The monoisotopic (exact) mass is 380 g/mol. The third-order valence-corrected chi connectivity index (χ3v) is 5.52. The smallest absolute Gasteiger partial charge is 0.132 e. The van der Waals surface area contributed by atoms with E-state index in [1.54, 1.807) is 13.4 Å². The molecule has 1 aromatic carbocycles. The van der Waals surface area contributed by atoms with Crippen LogP contribution in [0.2, 0.25) is 0 Å². The van der Waals surface area contributed by atoms with Crippen LogP contribution in [0.25, 0.3) is 0 Å². The molecule has 7 nitrogen and oxygen atoms in total. The van der Waals surface area contributed by atoms with Crippen molar-refractivity contribution in [2.24, 2.45) is 4.99 Å². The number of nitrogens with zero attached hydrogens (tertiary/aromatic N) is 4. The van der Waals surface area contributed by atoms with E-state index in [0.717, 1.165) is 67.7 Å². The van der Waals surface area contributed by atoms with Gasteiger partial charge in [0.2, 0.25) is 0 Å². The van der Waals surface area contributed by atoms with Crippen molar-refractivity contribution in [3.05, 3.63) is 47.4 Å². The quantitative estimate of drug-likeness (QED) is 0.765. The molecule has 0 amide bonds. The van der Waals surface area contributed by atoms with Crippen LogP contribution in [0.4, 0.5) is 5.82 Å². The average molecular weight is 380 g/mol. The Kier molecular flexibility index (Phi) is 4.49. The van der Waals surface area contributed by atoms with E-state index >= 15 is 0 Å². The van der Waals surface area contributed by atoms with E-state index in [0.29, 0.717) is 13.2 Å². The number of methoxy groups -OCH3 is 1. The molecule has 0 spiro atoms. The summed E-state index contributed by atoms with van der Waals surface area (Å²) in [6.07, 6.45) is 3.69. The maximum atomic E-state index is 6.25. The molecule has 1 aromatic heterocycles. The first-order valence-electron chi connectivity index (χ1n) is 9.77. The SMILES string of the molecule is COCC1(Oc2ccc3c(c2)C(c2cc(N4CCOCC4)ncn2)=NC3)CC1. The van der Waals surface area contributed by atoms with Gasteiger partial charge in [0.1, 0.15) is 23.5 Å². The van der Waals surface area contributed by atoms with Gasteiger partial charge in [-0.3, -0.25) is 4.99 Å². The molecular weight excluding hydrogens is 356 g/mol. The highest BCUT2D eigenvalue weighted by Crippen LogP contribution is 2.41. The lowest BCUT2D eigenvalue weighted by molar-refractivity contribution is 0.0639. The number of benzene rings is 1. The summed E-state index contributed by atoms with van der Waals surface area (Å²) in [4.78, 5) is 15.9. The zero-order chi connectivity index (χ0) is 19.0. The van der Waals surface area contributed by atoms with E-state index in [9.17, 15) is 0 Å². The van der Waals surface area contributed by atoms with Crippen LogP contribution in [0.3, 0.4) is 0 Å². The molecule has 7 heteroatoms. The number of anilines is 1. The Labute approximate surface area is 164 Å². The van der Waals surface area contributed by atoms with Crippen LogP contribution in [0.1, 0.15) is 29.7 Å². The van der Waals surface area contributed by atoms with Gasteiger partial charge in [-0.2, -0.15) is 0 Å². The van der Waals surface area contributed by atoms with Gasteiger partial charge in [0, 0.05) is 31.8 Å². The first-order valence-corrected chi connectivity index (χ1v) is 9.77. The van der Waals surface area contributed by atoms with E-state index < -0.39 is 0 Å². The second kappa shape index (κ2) is 7.14. The standard InChI is InChI=1S/C21H24N4O3/c1-26-13-21(4-5-21)28-16-3-2-15-12-22-20(17(15)10-16)18-11-19(24-14-23-18)25-6-8-27-9-7-25/h2-3,10-11,14H,4-9,12-13H2,1H3. The molecule has 0 bridgehead atoms. The summed E-state index contributed by atoms with van der Waals surface area (Å²) in [5.41, 5.74) is 3.90. The number of rotatable bonds is 6. The highest BCUT2D eigenvalue weighted by molar-refractivity contribution is 6.14. The molecule has 1 saturated carbocycles. The third-order valence-electron chi connectivity index (χ3n) is 5.52. The zero-order valence-corrected chi connectivity index (χ0v) is 16.1. The maximum absolute atomic E-state index is 6.25. The predicted octanol–water partition coefficient (Wildman–Crippen LogP) is 2.22. The lowest BCUT2D eigenvalue weighted by Gasteiger charge is -2.27. The molecule has 2 aliphatic heterocycles. The number of aromatic nitrogens is 2. The topological polar surface area (TPSA) is 69.1 Å². The zero-order valence-electron chi connectivity index (χ0n) is 16.1. The average Bonchev–Trinajstić information content (AvgIpc) is 3.35.